The molecule has 0 radical (unpaired) electrons. The average Bonchev–Trinajstić information content (AvgIpc) is 2.74. The van der Waals surface area contributed by atoms with Gasteiger partial charge in [0.25, 0.3) is 0 Å². The van der Waals surface area contributed by atoms with Crippen molar-refractivity contribution < 1.29 is 0 Å². The molecule has 0 aliphatic carbocycles. The molecule has 0 aromatic carbocycles. The van der Waals surface area contributed by atoms with E-state index in [4.69, 9.17) is 0 Å². The minimum atomic E-state index is -0.0118. The second-order valence-electron chi connectivity index (χ2n) is 7.21. The fourth-order valence-corrected chi connectivity index (χ4v) is 3.27. The Morgan fingerprint density at radius 1 is 1.05 bits per heavy atom. The Morgan fingerprint density at radius 2 is 1.71 bits per heavy atom. The van der Waals surface area contributed by atoms with E-state index >= 15 is 0 Å². The summed E-state index contributed by atoms with van der Waals surface area (Å²) in [4.78, 5) is 13.3. The Morgan fingerprint density at radius 3 is 2.24 bits per heavy atom. The van der Waals surface area contributed by atoms with Crippen LogP contribution in [0.1, 0.15) is 56.9 Å². The molecule has 114 valence electrons. The molecule has 21 heavy (non-hydrogen) atoms. The highest BCUT2D eigenvalue weighted by molar-refractivity contribution is 5.25. The minimum Gasteiger partial charge on any atom is -0.332 e. The van der Waals surface area contributed by atoms with E-state index in [1.54, 1.807) is 0 Å². The maximum Gasteiger partial charge on any atom is 0.125 e. The number of rotatable bonds is 4. The third-order valence-corrected chi connectivity index (χ3v) is 4.11. The van der Waals surface area contributed by atoms with Crippen LogP contribution in [0.5, 0.6) is 0 Å². The van der Waals surface area contributed by atoms with E-state index in [1.807, 2.05) is 26.4 Å². The molecule has 0 atom stereocenters. The van der Waals surface area contributed by atoms with Gasteiger partial charge in [0.15, 0.2) is 0 Å². The third-order valence-electron chi connectivity index (χ3n) is 4.11. The van der Waals surface area contributed by atoms with Gasteiger partial charge in [-0.2, -0.15) is 0 Å². The predicted octanol–water partition coefficient (Wildman–Crippen LogP) is 3.70. The number of hydrogen-bond donors (Lipinski definition) is 0. The lowest BCUT2D eigenvalue weighted by Gasteiger charge is -2.36. The van der Waals surface area contributed by atoms with Crippen LogP contribution in [0.15, 0.2) is 18.7 Å². The van der Waals surface area contributed by atoms with Crippen LogP contribution in [-0.4, -0.2) is 19.5 Å². The second kappa shape index (κ2) is 5.24. The van der Waals surface area contributed by atoms with Gasteiger partial charge in [0.1, 0.15) is 5.82 Å². The molecule has 0 fully saturated rings. The summed E-state index contributed by atoms with van der Waals surface area (Å²) in [5.74, 6) is 0.830. The average molecular weight is 286 g/mol. The van der Waals surface area contributed by atoms with E-state index in [1.165, 1.54) is 5.56 Å². The first kappa shape index (κ1) is 15.7. The molecule has 4 nitrogen and oxygen atoms in total. The quantitative estimate of drug-likeness (QED) is 0.860. The summed E-state index contributed by atoms with van der Waals surface area (Å²) in [7, 11) is 0. The van der Waals surface area contributed by atoms with Gasteiger partial charge in [0.05, 0.1) is 12.0 Å². The van der Waals surface area contributed by atoms with E-state index in [2.05, 4.69) is 60.3 Å². The number of aryl methyl sites for hydroxylation is 3. The molecule has 2 aromatic rings. The summed E-state index contributed by atoms with van der Waals surface area (Å²) in [5, 5.41) is 0. The monoisotopic (exact) mass is 286 g/mol. The molecular weight excluding hydrogens is 260 g/mol. The van der Waals surface area contributed by atoms with Gasteiger partial charge in [0.2, 0.25) is 0 Å². The van der Waals surface area contributed by atoms with Crippen LogP contribution >= 0.6 is 0 Å². The Labute approximate surface area is 127 Å². The zero-order valence-corrected chi connectivity index (χ0v) is 14.2. The van der Waals surface area contributed by atoms with Gasteiger partial charge in [-0.15, -0.1) is 0 Å². The maximum absolute atomic E-state index is 4.52. The number of hydrogen-bond acceptors (Lipinski definition) is 3. The van der Waals surface area contributed by atoms with Gasteiger partial charge in [-0.25, -0.2) is 15.0 Å². The Bertz CT molecular complexity index is 638. The van der Waals surface area contributed by atoms with Crippen LogP contribution in [0.25, 0.3) is 0 Å². The molecule has 0 saturated carbocycles. The molecule has 2 aromatic heterocycles. The van der Waals surface area contributed by atoms with Crippen molar-refractivity contribution in [3.05, 3.63) is 41.5 Å². The normalized spacial score (nSPS) is 12.7. The molecule has 0 unspecified atom stereocenters. The lowest BCUT2D eigenvalue weighted by atomic mass is 9.75. The zero-order chi connectivity index (χ0) is 15.8. The molecule has 0 N–H and O–H groups in total. The first-order valence-corrected chi connectivity index (χ1v) is 7.44. The van der Waals surface area contributed by atoms with Gasteiger partial charge < -0.3 is 4.57 Å². The topological polar surface area (TPSA) is 43.6 Å². The largest absolute Gasteiger partial charge is 0.332 e. The molecule has 0 saturated heterocycles. The van der Waals surface area contributed by atoms with Gasteiger partial charge in [-0.1, -0.05) is 13.8 Å². The lowest BCUT2D eigenvalue weighted by molar-refractivity contribution is 0.254. The van der Waals surface area contributed by atoms with Gasteiger partial charge >= 0.3 is 0 Å². The summed E-state index contributed by atoms with van der Waals surface area (Å²) in [6.07, 6.45) is 6.99. The first-order valence-electron chi connectivity index (χ1n) is 7.44. The summed E-state index contributed by atoms with van der Waals surface area (Å²) < 4.78 is 2.20. The lowest BCUT2D eigenvalue weighted by Crippen LogP contribution is -2.34. The summed E-state index contributed by atoms with van der Waals surface area (Å²) in [5.41, 5.74) is 3.33. The van der Waals surface area contributed by atoms with Gasteiger partial charge in [0, 0.05) is 23.6 Å². The van der Waals surface area contributed by atoms with Crippen LogP contribution in [0.2, 0.25) is 0 Å². The predicted molar refractivity (Wildman–Crippen MR) is 85.4 cm³/mol. The molecule has 2 heterocycles. The minimum absolute atomic E-state index is 0.000538. The van der Waals surface area contributed by atoms with Crippen molar-refractivity contribution in [3.8, 4) is 0 Å². The van der Waals surface area contributed by atoms with Crippen LogP contribution in [-0.2, 0) is 11.0 Å². The molecule has 4 heteroatoms. The SMILES string of the molecule is Cc1cn(C(C)(C)CC(C)(C)c2cnc(C)nc2C)cn1. The van der Waals surface area contributed by atoms with Crippen LogP contribution in [0, 0.1) is 20.8 Å². The van der Waals surface area contributed by atoms with Crippen molar-refractivity contribution >= 4 is 0 Å². The van der Waals surface area contributed by atoms with E-state index in [9.17, 15) is 0 Å². The van der Waals surface area contributed by atoms with Gasteiger partial charge in [-0.3, -0.25) is 0 Å². The van der Waals surface area contributed by atoms with E-state index in [0.29, 0.717) is 0 Å². The molecule has 0 bridgehead atoms. The smallest absolute Gasteiger partial charge is 0.125 e. The molecule has 0 spiro atoms. The fraction of sp³-hybridized carbons (Fsp3) is 0.588. The van der Waals surface area contributed by atoms with Crippen molar-refractivity contribution in [2.75, 3.05) is 0 Å². The van der Waals surface area contributed by atoms with Gasteiger partial charge in [-0.05, 0) is 52.0 Å². The van der Waals surface area contributed by atoms with Crippen molar-refractivity contribution in [1.29, 1.82) is 0 Å². The third kappa shape index (κ3) is 3.31. The summed E-state index contributed by atoms with van der Waals surface area (Å²) >= 11 is 0. The van der Waals surface area contributed by atoms with Crippen molar-refractivity contribution in [3.63, 3.8) is 0 Å². The second-order valence-corrected chi connectivity index (χ2v) is 7.21. The molecule has 0 aliphatic heterocycles. The van der Waals surface area contributed by atoms with Crippen LogP contribution < -0.4 is 0 Å². The molecule has 0 amide bonds. The number of aromatic nitrogens is 4. The maximum atomic E-state index is 4.52. The first-order chi connectivity index (χ1) is 9.62. The Hall–Kier alpha value is -1.71. The number of imidazole rings is 1. The molecular formula is C17H26N4. The van der Waals surface area contributed by atoms with Crippen molar-refractivity contribution in [2.24, 2.45) is 0 Å². The molecule has 2 rings (SSSR count). The number of nitrogens with zero attached hydrogens (tertiary/aromatic N) is 4. The zero-order valence-electron chi connectivity index (χ0n) is 14.2. The van der Waals surface area contributed by atoms with Crippen molar-refractivity contribution in [2.45, 2.75) is 65.8 Å². The highest BCUT2D eigenvalue weighted by Gasteiger charge is 2.33. The van der Waals surface area contributed by atoms with Crippen LogP contribution in [0.4, 0.5) is 0 Å². The van der Waals surface area contributed by atoms with E-state index < -0.39 is 0 Å². The Balaban J connectivity index is 2.31. The van der Waals surface area contributed by atoms with E-state index in [-0.39, 0.29) is 11.0 Å². The van der Waals surface area contributed by atoms with Crippen molar-refractivity contribution in [1.82, 2.24) is 19.5 Å². The summed E-state index contributed by atoms with van der Waals surface area (Å²) in [6, 6.07) is 0. The standard InChI is InChI=1S/C17H26N4/c1-12-9-21(11-19-12)17(6,7)10-16(4,5)15-8-18-14(3)20-13(15)2/h8-9,11H,10H2,1-7H3. The summed E-state index contributed by atoms with van der Waals surface area (Å²) in [6.45, 7) is 15.1. The molecule has 0 aliphatic rings. The van der Waals surface area contributed by atoms with E-state index in [0.717, 1.165) is 23.6 Å². The highest BCUT2D eigenvalue weighted by Crippen LogP contribution is 2.36. The fourth-order valence-electron chi connectivity index (χ4n) is 3.27. The van der Waals surface area contributed by atoms with Crippen LogP contribution in [0.3, 0.4) is 0 Å². The Kier molecular flexibility index (Phi) is 3.91. The highest BCUT2D eigenvalue weighted by atomic mass is 15.1.